The van der Waals surface area contributed by atoms with Crippen molar-refractivity contribution in [3.63, 3.8) is 0 Å². The Morgan fingerprint density at radius 1 is 1.02 bits per heavy atom. The molecule has 1 unspecified atom stereocenters. The van der Waals surface area contributed by atoms with E-state index in [0.717, 1.165) is 5.56 Å². The highest BCUT2D eigenvalue weighted by atomic mass is 35.5. The molecular formula is C44H69ClN6O9. The van der Waals surface area contributed by atoms with Gasteiger partial charge in [0.25, 0.3) is 0 Å². The highest BCUT2D eigenvalue weighted by Gasteiger charge is 2.58. The maximum atomic E-state index is 14.4. The molecule has 6 rings (SSSR count). The Morgan fingerprint density at radius 3 is 2.32 bits per heavy atom. The Bertz CT molecular complexity index is 1750. The van der Waals surface area contributed by atoms with Crippen LogP contribution in [-0.2, 0) is 28.5 Å². The van der Waals surface area contributed by atoms with Crippen molar-refractivity contribution >= 4 is 23.5 Å². The van der Waals surface area contributed by atoms with E-state index in [4.69, 9.17) is 40.3 Å². The molecule has 14 atom stereocenters. The van der Waals surface area contributed by atoms with Crippen LogP contribution in [0.4, 0.5) is 5.95 Å². The van der Waals surface area contributed by atoms with Gasteiger partial charge < -0.3 is 53.7 Å². The summed E-state index contributed by atoms with van der Waals surface area (Å²) in [4.78, 5) is 34.2. The number of hydrogen-bond donors (Lipinski definition) is 3. The molecule has 0 saturated carbocycles. The van der Waals surface area contributed by atoms with Crippen LogP contribution in [0.5, 0.6) is 0 Å². The van der Waals surface area contributed by atoms with Crippen molar-refractivity contribution in [2.45, 2.75) is 159 Å². The van der Waals surface area contributed by atoms with Crippen LogP contribution in [-0.4, -0.2) is 159 Å². The van der Waals surface area contributed by atoms with Crippen molar-refractivity contribution in [2.75, 3.05) is 45.7 Å². The first-order chi connectivity index (χ1) is 28.2. The fraction of sp³-hybridized carbons (Fsp3) is 0.773. The third-order valence-corrected chi connectivity index (χ3v) is 13.8. The highest BCUT2D eigenvalue weighted by Crippen LogP contribution is 2.48. The van der Waals surface area contributed by atoms with Gasteiger partial charge in [0.1, 0.15) is 23.9 Å². The zero-order chi connectivity index (χ0) is 43.9. The Kier molecular flexibility index (Phi) is 14.6. The van der Waals surface area contributed by atoms with E-state index in [-0.39, 0.29) is 29.8 Å². The first-order valence-corrected chi connectivity index (χ1v) is 22.1. The number of fused-ring (bicyclic) bond motifs is 3. The number of ether oxygens (including phenoxy) is 5. The van der Waals surface area contributed by atoms with E-state index < -0.39 is 77.6 Å². The third kappa shape index (κ3) is 9.80. The number of halogens is 1. The molecule has 0 radical (unpaired) electrons. The smallest absolute Gasteiger partial charge is 0.311 e. The fourth-order valence-electron chi connectivity index (χ4n) is 10.2. The van der Waals surface area contributed by atoms with Gasteiger partial charge in [-0.05, 0) is 92.5 Å². The van der Waals surface area contributed by atoms with E-state index in [2.05, 4.69) is 16.9 Å². The molecule has 4 aliphatic heterocycles. The molecule has 15 nitrogen and oxygen atoms in total. The number of anilines is 1. The second-order valence-electron chi connectivity index (χ2n) is 18.8. The topological polar surface area (TPSA) is 172 Å². The minimum absolute atomic E-state index is 0.0246. The zero-order valence-electron chi connectivity index (χ0n) is 37.3. The molecule has 16 heteroatoms. The molecule has 4 aliphatic rings. The van der Waals surface area contributed by atoms with Crippen LogP contribution in [0.15, 0.2) is 30.3 Å². The number of piperidine rings is 1. The average molecular weight is 862 g/mol. The molecule has 2 bridgehead atoms. The van der Waals surface area contributed by atoms with Gasteiger partial charge in [0.05, 0.1) is 29.8 Å². The Hall–Kier alpha value is -2.57. The molecular weight excluding hydrogens is 792 g/mol. The van der Waals surface area contributed by atoms with Gasteiger partial charge in [-0.15, -0.1) is 0 Å². The van der Waals surface area contributed by atoms with E-state index in [1.807, 2.05) is 101 Å². The zero-order valence-corrected chi connectivity index (χ0v) is 38.1. The van der Waals surface area contributed by atoms with Gasteiger partial charge in [-0.25, -0.2) is 0 Å². The molecule has 4 saturated heterocycles. The number of hydrogen-bond acceptors (Lipinski definition) is 15. The molecule has 1 aromatic heterocycles. The van der Waals surface area contributed by atoms with Gasteiger partial charge in [-0.2, -0.15) is 15.0 Å². The number of aliphatic hydroxyl groups is 3. The van der Waals surface area contributed by atoms with E-state index in [0.29, 0.717) is 57.1 Å². The third-order valence-electron chi connectivity index (χ3n) is 13.6. The highest BCUT2D eigenvalue weighted by molar-refractivity contribution is 6.28. The van der Waals surface area contributed by atoms with Gasteiger partial charge in [0, 0.05) is 56.0 Å². The number of carbonyl (C=O) groups is 1. The Labute approximate surface area is 361 Å². The maximum Gasteiger partial charge on any atom is 0.311 e. The van der Waals surface area contributed by atoms with E-state index in [1.54, 1.807) is 6.92 Å². The van der Waals surface area contributed by atoms with Crippen LogP contribution in [0, 0.1) is 17.8 Å². The van der Waals surface area contributed by atoms with Gasteiger partial charge in [-0.3, -0.25) is 4.79 Å². The van der Waals surface area contributed by atoms with Gasteiger partial charge in [-0.1, -0.05) is 51.1 Å². The summed E-state index contributed by atoms with van der Waals surface area (Å²) in [6.07, 6.45) is -3.74. The van der Waals surface area contributed by atoms with Crippen molar-refractivity contribution in [1.82, 2.24) is 24.8 Å². The SMILES string of the molecule is CC[C@H]1OC(=O)[C@H](C)[C@H]2OC3(CCN(c4nc(Cl)nc(-c5ccccc5)n4)CC3)O[C@](C)(C[C@@H](C)CN(C)[C@H](C)[C@@H](O)[C@]1(C)O)[C@H](O[C@@H]1O[C@H](C)CC(N(C)C)[C@H]1O)[C@H]2C. The molecule has 4 fully saturated rings. The van der Waals surface area contributed by atoms with Crippen molar-refractivity contribution in [2.24, 2.45) is 17.8 Å². The lowest BCUT2D eigenvalue weighted by Gasteiger charge is -2.49. The summed E-state index contributed by atoms with van der Waals surface area (Å²) >= 11 is 6.48. The summed E-state index contributed by atoms with van der Waals surface area (Å²) in [5.74, 6) is -2.23. The first kappa shape index (κ1) is 46.9. The minimum Gasteiger partial charge on any atom is -0.459 e. The van der Waals surface area contributed by atoms with Crippen LogP contribution < -0.4 is 4.90 Å². The summed E-state index contributed by atoms with van der Waals surface area (Å²) in [5, 5.41) is 35.3. The van der Waals surface area contributed by atoms with E-state index in [1.165, 1.54) is 6.92 Å². The molecule has 2 aromatic rings. The Balaban J connectivity index is 1.42. The molecule has 1 aromatic carbocycles. The fourth-order valence-corrected chi connectivity index (χ4v) is 10.3. The second-order valence-corrected chi connectivity index (χ2v) is 19.1. The van der Waals surface area contributed by atoms with E-state index in [9.17, 15) is 20.1 Å². The normalized spacial score (nSPS) is 39.9. The predicted octanol–water partition coefficient (Wildman–Crippen LogP) is 4.54. The summed E-state index contributed by atoms with van der Waals surface area (Å²) in [6, 6.07) is 8.91. The minimum atomic E-state index is -1.75. The monoisotopic (exact) mass is 860 g/mol. The van der Waals surface area contributed by atoms with Crippen LogP contribution >= 0.6 is 11.6 Å². The Morgan fingerprint density at radius 2 is 1.68 bits per heavy atom. The van der Waals surface area contributed by atoms with Crippen LogP contribution in [0.25, 0.3) is 11.4 Å². The number of nitrogens with zero attached hydrogens (tertiary/aromatic N) is 6. The molecule has 60 heavy (non-hydrogen) atoms. The van der Waals surface area contributed by atoms with Crippen molar-refractivity contribution in [3.05, 3.63) is 35.6 Å². The number of aromatic nitrogens is 3. The maximum absolute atomic E-state index is 14.4. The van der Waals surface area contributed by atoms with Crippen LogP contribution in [0.3, 0.4) is 0 Å². The molecule has 5 heterocycles. The lowest BCUT2D eigenvalue weighted by Crippen LogP contribution is -2.60. The van der Waals surface area contributed by atoms with Gasteiger partial charge in [0.2, 0.25) is 11.2 Å². The summed E-state index contributed by atoms with van der Waals surface area (Å²) in [5.41, 5.74) is -1.97. The van der Waals surface area contributed by atoms with E-state index >= 15 is 0 Å². The largest absolute Gasteiger partial charge is 0.459 e. The summed E-state index contributed by atoms with van der Waals surface area (Å²) in [6.45, 7) is 16.6. The van der Waals surface area contributed by atoms with Crippen LogP contribution in [0.2, 0.25) is 5.28 Å². The average Bonchev–Trinajstić information content (AvgIpc) is 3.28. The lowest BCUT2D eigenvalue weighted by molar-refractivity contribution is -0.328. The lowest BCUT2D eigenvalue weighted by atomic mass is 9.78. The second kappa shape index (κ2) is 18.6. The molecule has 3 N–H and O–H groups in total. The van der Waals surface area contributed by atoms with Crippen LogP contribution in [0.1, 0.15) is 87.5 Å². The molecule has 336 valence electrons. The quantitative estimate of drug-likeness (QED) is 0.346. The first-order valence-electron chi connectivity index (χ1n) is 21.7. The summed E-state index contributed by atoms with van der Waals surface area (Å²) < 4.78 is 34.3. The van der Waals surface area contributed by atoms with Crippen molar-refractivity contribution in [1.29, 1.82) is 0 Å². The standard InChI is InChI=1S/C44H69ClN6O9/c1-12-32-43(8,55)35(53)29(6)50(11)24-25(2)23-42(7)36(58-39-33(52)31(49(9)10)22-26(3)56-39)27(4)34(28(5)38(54)57-32)59-44(60-42)18-20-51(21-19-44)41-47-37(46-40(45)48-41)30-16-14-13-15-17-30/h13-17,25-29,31-36,39,52-53,55H,12,18-24H2,1-11H3/t25-,26-,27+,28-,29-,31?,32-,33-,34+,35-,36-,39+,42-,43-/m1/s1. The predicted molar refractivity (Wildman–Crippen MR) is 227 cm³/mol. The number of carbonyl (C=O) groups excluding carboxylic acids is 1. The number of cyclic esters (lactones) is 1. The number of rotatable bonds is 6. The van der Waals surface area contributed by atoms with Crippen molar-refractivity contribution < 1.29 is 43.8 Å². The number of benzene rings is 1. The van der Waals surface area contributed by atoms with Gasteiger partial charge in [0.15, 0.2) is 17.9 Å². The number of likely N-dealkylation sites (N-methyl/N-ethyl adjacent to an activating group) is 2. The number of aliphatic hydroxyl groups excluding tert-OH is 2. The molecule has 0 amide bonds. The van der Waals surface area contributed by atoms with Gasteiger partial charge >= 0.3 is 5.97 Å². The summed E-state index contributed by atoms with van der Waals surface area (Å²) in [7, 11) is 5.80. The molecule has 1 spiro atoms. The molecule has 0 aliphatic carbocycles. The van der Waals surface area contributed by atoms with Crippen molar-refractivity contribution in [3.8, 4) is 11.4 Å². The number of esters is 1.